The Bertz CT molecular complexity index is 1440. The van der Waals surface area contributed by atoms with Gasteiger partial charge >= 0.3 is 5.97 Å². The summed E-state index contributed by atoms with van der Waals surface area (Å²) in [6.07, 6.45) is -0.139. The van der Waals surface area contributed by atoms with Crippen LogP contribution in [0.5, 0.6) is 17.2 Å². The number of carboxylic acids is 1. The molecule has 0 fully saturated rings. The number of ether oxygens (including phenoxy) is 1. The van der Waals surface area contributed by atoms with Gasteiger partial charge in [0.1, 0.15) is 11.5 Å². The number of halogens is 2. The lowest BCUT2D eigenvalue weighted by Gasteiger charge is -2.18. The van der Waals surface area contributed by atoms with E-state index in [-0.39, 0.29) is 35.2 Å². The Kier molecular flexibility index (Phi) is 7.28. The van der Waals surface area contributed by atoms with E-state index in [1.54, 1.807) is 24.3 Å². The van der Waals surface area contributed by atoms with E-state index in [1.807, 2.05) is 50.2 Å². The van der Waals surface area contributed by atoms with Gasteiger partial charge in [-0.25, -0.2) is 0 Å². The number of aromatic hydroxyl groups is 1. The average molecular weight is 598 g/mol. The third kappa shape index (κ3) is 5.41. The molecule has 0 aromatic heterocycles. The first-order chi connectivity index (χ1) is 16.6. The van der Waals surface area contributed by atoms with Crippen LogP contribution in [0.3, 0.4) is 0 Å². The molecule has 0 spiro atoms. The van der Waals surface area contributed by atoms with Crippen molar-refractivity contribution in [2.45, 2.75) is 26.2 Å². The average Bonchev–Trinajstić information content (AvgIpc) is 2.80. The van der Waals surface area contributed by atoms with Gasteiger partial charge in [-0.2, -0.15) is 0 Å². The highest BCUT2D eigenvalue weighted by atomic mass is 79.9. The van der Waals surface area contributed by atoms with E-state index >= 15 is 0 Å². The number of rotatable bonds is 7. The quantitative estimate of drug-likeness (QED) is 0.212. The number of hydrogen-bond donors (Lipinski definition) is 2. The number of ketones is 1. The summed E-state index contributed by atoms with van der Waals surface area (Å²) in [7, 11) is 0. The van der Waals surface area contributed by atoms with E-state index in [0.29, 0.717) is 31.4 Å². The van der Waals surface area contributed by atoms with Crippen LogP contribution in [0.2, 0.25) is 0 Å². The molecule has 0 atom stereocenters. The molecule has 0 bridgehead atoms. The summed E-state index contributed by atoms with van der Waals surface area (Å²) in [6.45, 7) is 3.88. The highest BCUT2D eigenvalue weighted by molar-refractivity contribution is 9.11. The second-order valence-corrected chi connectivity index (χ2v) is 10.2. The van der Waals surface area contributed by atoms with E-state index in [2.05, 4.69) is 31.9 Å². The van der Waals surface area contributed by atoms with Crippen molar-refractivity contribution in [3.05, 3.63) is 97.9 Å². The summed E-state index contributed by atoms with van der Waals surface area (Å²) < 4.78 is 7.30. The standard InChI is InChI=1S/C28H22Br2O5/c1-15(2)20-14-25(35-28-22(29)9-16(10-23(28)30)11-26(32)33)21(13-24(20)31)27(34)19-8-7-17-5-3-4-6-18(17)12-19/h3-10,12-15,31H,11H2,1-2H3,(H,32,33). The van der Waals surface area contributed by atoms with Crippen molar-refractivity contribution in [3.63, 3.8) is 0 Å². The number of aliphatic carboxylic acids is 1. The van der Waals surface area contributed by atoms with Crippen LogP contribution < -0.4 is 4.74 Å². The van der Waals surface area contributed by atoms with Gasteiger partial charge in [0.25, 0.3) is 0 Å². The van der Waals surface area contributed by atoms with Crippen molar-refractivity contribution in [2.75, 3.05) is 0 Å². The van der Waals surface area contributed by atoms with Gasteiger partial charge in [0.15, 0.2) is 11.5 Å². The Morgan fingerprint density at radius 1 is 0.914 bits per heavy atom. The number of hydrogen-bond acceptors (Lipinski definition) is 4. The molecule has 0 unspecified atom stereocenters. The number of fused-ring (bicyclic) bond motifs is 1. The Morgan fingerprint density at radius 3 is 2.20 bits per heavy atom. The summed E-state index contributed by atoms with van der Waals surface area (Å²) >= 11 is 6.92. The molecule has 0 radical (unpaired) electrons. The van der Waals surface area contributed by atoms with Gasteiger partial charge in [-0.05, 0) is 84.4 Å². The van der Waals surface area contributed by atoms with Gasteiger partial charge in [-0.3, -0.25) is 9.59 Å². The Balaban J connectivity index is 1.81. The van der Waals surface area contributed by atoms with E-state index in [1.165, 1.54) is 6.07 Å². The highest BCUT2D eigenvalue weighted by Crippen LogP contribution is 2.42. The lowest BCUT2D eigenvalue weighted by atomic mass is 9.95. The molecule has 35 heavy (non-hydrogen) atoms. The zero-order valence-corrected chi connectivity index (χ0v) is 22.2. The van der Waals surface area contributed by atoms with Gasteiger partial charge in [-0.15, -0.1) is 0 Å². The summed E-state index contributed by atoms with van der Waals surface area (Å²) in [5.41, 5.74) is 1.92. The maximum absolute atomic E-state index is 13.6. The van der Waals surface area contributed by atoms with E-state index in [9.17, 15) is 14.7 Å². The maximum Gasteiger partial charge on any atom is 0.307 e. The zero-order chi connectivity index (χ0) is 25.3. The molecule has 5 nitrogen and oxygen atoms in total. The lowest BCUT2D eigenvalue weighted by molar-refractivity contribution is -0.136. The first kappa shape index (κ1) is 24.9. The van der Waals surface area contributed by atoms with Crippen molar-refractivity contribution in [2.24, 2.45) is 0 Å². The summed E-state index contributed by atoms with van der Waals surface area (Å²) in [5, 5.41) is 21.7. The van der Waals surface area contributed by atoms with Gasteiger partial charge in [0, 0.05) is 11.1 Å². The number of carboxylic acid groups (broad SMARTS) is 1. The minimum Gasteiger partial charge on any atom is -0.508 e. The Labute approximate surface area is 219 Å². The summed E-state index contributed by atoms with van der Waals surface area (Å²) in [6, 6.07) is 19.7. The van der Waals surface area contributed by atoms with E-state index in [4.69, 9.17) is 9.84 Å². The third-order valence-corrected chi connectivity index (χ3v) is 6.81. The molecule has 4 aromatic rings. The maximum atomic E-state index is 13.6. The first-order valence-corrected chi connectivity index (χ1v) is 12.5. The van der Waals surface area contributed by atoms with Crippen LogP contribution in [0.1, 0.15) is 46.8 Å². The molecule has 0 saturated carbocycles. The molecule has 0 aliphatic carbocycles. The summed E-state index contributed by atoms with van der Waals surface area (Å²) in [4.78, 5) is 24.7. The number of phenols is 1. The van der Waals surface area contributed by atoms with Crippen LogP contribution in [0.25, 0.3) is 10.8 Å². The molecule has 4 rings (SSSR count). The summed E-state index contributed by atoms with van der Waals surface area (Å²) in [5.74, 6) is -0.533. The van der Waals surface area contributed by atoms with Gasteiger partial charge in [-0.1, -0.05) is 50.2 Å². The monoisotopic (exact) mass is 596 g/mol. The fraction of sp³-hybridized carbons (Fsp3) is 0.143. The van der Waals surface area contributed by atoms with Crippen LogP contribution in [0, 0.1) is 0 Å². The topological polar surface area (TPSA) is 83.8 Å². The molecule has 0 saturated heterocycles. The number of phenolic OH excluding ortho intramolecular Hbond substituents is 1. The van der Waals surface area contributed by atoms with Crippen molar-refractivity contribution < 1.29 is 24.5 Å². The number of carbonyl (C=O) groups is 2. The van der Waals surface area contributed by atoms with Crippen LogP contribution in [-0.2, 0) is 11.2 Å². The predicted molar refractivity (Wildman–Crippen MR) is 143 cm³/mol. The number of carbonyl (C=O) groups excluding carboxylic acids is 1. The van der Waals surface area contributed by atoms with Crippen LogP contribution >= 0.6 is 31.9 Å². The molecule has 7 heteroatoms. The lowest BCUT2D eigenvalue weighted by Crippen LogP contribution is -2.06. The van der Waals surface area contributed by atoms with Crippen LogP contribution in [0.4, 0.5) is 0 Å². The normalized spacial score (nSPS) is 11.1. The van der Waals surface area contributed by atoms with Crippen molar-refractivity contribution in [1.29, 1.82) is 0 Å². The molecule has 0 aliphatic heterocycles. The molecule has 0 aliphatic rings. The van der Waals surface area contributed by atoms with Gasteiger partial charge < -0.3 is 14.9 Å². The Morgan fingerprint density at radius 2 is 1.57 bits per heavy atom. The fourth-order valence-corrected chi connectivity index (χ4v) is 5.33. The highest BCUT2D eigenvalue weighted by Gasteiger charge is 2.22. The SMILES string of the molecule is CC(C)c1cc(Oc2c(Br)cc(CC(=O)O)cc2Br)c(C(=O)c2ccc3ccccc3c2)cc1O. The zero-order valence-electron chi connectivity index (χ0n) is 19.0. The molecular formula is C28H22Br2O5. The van der Waals surface area contributed by atoms with Crippen molar-refractivity contribution in [3.8, 4) is 17.2 Å². The fourth-order valence-electron chi connectivity index (χ4n) is 3.89. The Hall–Kier alpha value is -3.16. The van der Waals surface area contributed by atoms with Crippen LogP contribution in [-0.4, -0.2) is 22.0 Å². The molecule has 178 valence electrons. The van der Waals surface area contributed by atoms with Gasteiger partial charge in [0.2, 0.25) is 0 Å². The predicted octanol–water partition coefficient (Wildman–Crippen LogP) is 7.84. The molecule has 2 N–H and O–H groups in total. The van der Waals surface area contributed by atoms with E-state index < -0.39 is 5.97 Å². The molecule has 0 amide bonds. The smallest absolute Gasteiger partial charge is 0.307 e. The van der Waals surface area contributed by atoms with Gasteiger partial charge in [0.05, 0.1) is 20.9 Å². The molecule has 4 aromatic carbocycles. The minimum absolute atomic E-state index is 0.00741. The number of benzene rings is 4. The first-order valence-electron chi connectivity index (χ1n) is 10.9. The molecule has 0 heterocycles. The third-order valence-electron chi connectivity index (χ3n) is 5.63. The van der Waals surface area contributed by atoms with E-state index in [0.717, 1.165) is 10.8 Å². The van der Waals surface area contributed by atoms with Crippen molar-refractivity contribution in [1.82, 2.24) is 0 Å². The molecular weight excluding hydrogens is 576 g/mol. The second-order valence-electron chi connectivity index (χ2n) is 8.51. The van der Waals surface area contributed by atoms with Crippen LogP contribution in [0.15, 0.2) is 75.7 Å². The largest absolute Gasteiger partial charge is 0.508 e. The minimum atomic E-state index is -0.944. The second kappa shape index (κ2) is 10.2. The van der Waals surface area contributed by atoms with Crippen molar-refractivity contribution >= 4 is 54.4 Å².